The monoisotopic (exact) mass is 278 g/mol. The number of carboxylic acid groups (broad SMARTS) is 1. The minimum Gasteiger partial charge on any atom is -0.481 e. The molecule has 20 heavy (non-hydrogen) atoms. The Hall–Kier alpha value is -2.37. The minimum atomic E-state index is -0.889. The van der Waals surface area contributed by atoms with Crippen molar-refractivity contribution in [2.45, 2.75) is 20.3 Å². The molecule has 2 amide bonds. The smallest absolute Gasteiger partial charge is 0.303 e. The molecule has 1 atom stereocenters. The van der Waals surface area contributed by atoms with Crippen molar-refractivity contribution in [2.24, 2.45) is 5.92 Å². The first kappa shape index (κ1) is 15.7. The lowest BCUT2D eigenvalue weighted by Crippen LogP contribution is -2.29. The van der Waals surface area contributed by atoms with Crippen LogP contribution in [0.4, 0.5) is 5.69 Å². The van der Waals surface area contributed by atoms with Crippen molar-refractivity contribution in [3.63, 3.8) is 0 Å². The van der Waals surface area contributed by atoms with Crippen molar-refractivity contribution in [1.29, 1.82) is 0 Å². The standard InChI is InChI=1S/C14H18N2O4/c1-9(6-13(18)19)8-15-14(20)11-4-3-5-12(7-11)16-10(2)17/h3-5,7,9H,6,8H2,1-2H3,(H,15,20)(H,16,17)(H,18,19). The molecule has 1 rings (SSSR count). The summed E-state index contributed by atoms with van der Waals surface area (Å²) >= 11 is 0. The number of nitrogens with one attached hydrogen (secondary N) is 2. The first-order valence-corrected chi connectivity index (χ1v) is 6.26. The molecule has 108 valence electrons. The third-order valence-corrected chi connectivity index (χ3v) is 2.58. The normalized spacial score (nSPS) is 11.5. The number of carbonyl (C=O) groups is 3. The van der Waals surface area contributed by atoms with Crippen molar-refractivity contribution in [2.75, 3.05) is 11.9 Å². The highest BCUT2D eigenvalue weighted by Gasteiger charge is 2.11. The van der Waals surface area contributed by atoms with Crippen LogP contribution in [0, 0.1) is 5.92 Å². The second-order valence-corrected chi connectivity index (χ2v) is 4.68. The molecule has 0 aromatic heterocycles. The second-order valence-electron chi connectivity index (χ2n) is 4.68. The highest BCUT2D eigenvalue weighted by Crippen LogP contribution is 2.10. The Morgan fingerprint density at radius 1 is 1.30 bits per heavy atom. The third-order valence-electron chi connectivity index (χ3n) is 2.58. The minimum absolute atomic E-state index is 0.00616. The van der Waals surface area contributed by atoms with Gasteiger partial charge in [-0.1, -0.05) is 13.0 Å². The van der Waals surface area contributed by atoms with Gasteiger partial charge in [-0.2, -0.15) is 0 Å². The quantitative estimate of drug-likeness (QED) is 0.734. The summed E-state index contributed by atoms with van der Waals surface area (Å²) < 4.78 is 0. The maximum absolute atomic E-state index is 11.9. The third kappa shape index (κ3) is 5.51. The molecule has 0 spiro atoms. The van der Waals surface area contributed by atoms with Gasteiger partial charge >= 0.3 is 5.97 Å². The Balaban J connectivity index is 2.59. The maximum atomic E-state index is 11.9. The van der Waals surface area contributed by atoms with Gasteiger partial charge in [0.05, 0.1) is 0 Å². The predicted molar refractivity (Wildman–Crippen MR) is 74.5 cm³/mol. The lowest BCUT2D eigenvalue weighted by atomic mass is 10.1. The van der Waals surface area contributed by atoms with Gasteiger partial charge in [0, 0.05) is 31.1 Å². The van der Waals surface area contributed by atoms with Crippen LogP contribution in [-0.4, -0.2) is 29.4 Å². The average molecular weight is 278 g/mol. The van der Waals surface area contributed by atoms with Gasteiger partial charge in [-0.05, 0) is 24.1 Å². The van der Waals surface area contributed by atoms with Crippen molar-refractivity contribution in [3.05, 3.63) is 29.8 Å². The molecule has 6 nitrogen and oxygen atoms in total. The van der Waals surface area contributed by atoms with E-state index in [0.29, 0.717) is 11.3 Å². The molecule has 6 heteroatoms. The van der Waals surface area contributed by atoms with Crippen LogP contribution in [-0.2, 0) is 9.59 Å². The number of amides is 2. The Morgan fingerprint density at radius 3 is 2.60 bits per heavy atom. The van der Waals surface area contributed by atoms with E-state index in [-0.39, 0.29) is 30.7 Å². The summed E-state index contributed by atoms with van der Waals surface area (Å²) in [6, 6.07) is 6.55. The van der Waals surface area contributed by atoms with E-state index >= 15 is 0 Å². The van der Waals surface area contributed by atoms with Crippen LogP contribution in [0.3, 0.4) is 0 Å². The second kappa shape index (κ2) is 7.28. The molecule has 0 bridgehead atoms. The molecular formula is C14H18N2O4. The molecule has 0 radical (unpaired) electrons. The number of hydrogen-bond donors (Lipinski definition) is 3. The zero-order valence-electron chi connectivity index (χ0n) is 11.5. The molecule has 0 aliphatic heterocycles. The molecule has 0 saturated carbocycles. The molecule has 1 aromatic carbocycles. The van der Waals surface area contributed by atoms with Crippen LogP contribution < -0.4 is 10.6 Å². The van der Waals surface area contributed by atoms with E-state index in [1.54, 1.807) is 31.2 Å². The summed E-state index contributed by atoms with van der Waals surface area (Å²) in [5.41, 5.74) is 0.961. The summed E-state index contributed by atoms with van der Waals surface area (Å²) in [5.74, 6) is -1.54. The SMILES string of the molecule is CC(=O)Nc1cccc(C(=O)NCC(C)CC(=O)O)c1. The van der Waals surface area contributed by atoms with Crippen molar-refractivity contribution in [3.8, 4) is 0 Å². The number of benzene rings is 1. The molecule has 0 fully saturated rings. The maximum Gasteiger partial charge on any atom is 0.303 e. The molecule has 0 saturated heterocycles. The number of carboxylic acids is 1. The fraction of sp³-hybridized carbons (Fsp3) is 0.357. The number of aliphatic carboxylic acids is 1. The van der Waals surface area contributed by atoms with E-state index in [0.717, 1.165) is 0 Å². The number of carbonyl (C=O) groups excluding carboxylic acids is 2. The van der Waals surface area contributed by atoms with E-state index in [1.807, 2.05) is 0 Å². The van der Waals surface area contributed by atoms with Crippen LogP contribution >= 0.6 is 0 Å². The van der Waals surface area contributed by atoms with Crippen LogP contribution in [0.5, 0.6) is 0 Å². The molecule has 1 unspecified atom stereocenters. The summed E-state index contributed by atoms with van der Waals surface area (Å²) in [4.78, 5) is 33.4. The molecule has 0 aliphatic rings. The highest BCUT2D eigenvalue weighted by molar-refractivity contribution is 5.96. The molecule has 0 aliphatic carbocycles. The van der Waals surface area contributed by atoms with E-state index in [2.05, 4.69) is 10.6 Å². The largest absolute Gasteiger partial charge is 0.481 e. The van der Waals surface area contributed by atoms with Crippen LogP contribution in [0.2, 0.25) is 0 Å². The summed E-state index contributed by atoms with van der Waals surface area (Å²) in [5, 5.41) is 13.9. The van der Waals surface area contributed by atoms with Crippen molar-refractivity contribution < 1.29 is 19.5 Å². The Labute approximate surface area is 117 Å². The Kier molecular flexibility index (Phi) is 5.71. The van der Waals surface area contributed by atoms with Gasteiger partial charge in [0.25, 0.3) is 5.91 Å². The summed E-state index contributed by atoms with van der Waals surface area (Å²) in [6.07, 6.45) is 0.00616. The molecule has 1 aromatic rings. The van der Waals surface area contributed by atoms with E-state index in [4.69, 9.17) is 5.11 Å². The van der Waals surface area contributed by atoms with Crippen molar-refractivity contribution >= 4 is 23.5 Å². The summed E-state index contributed by atoms with van der Waals surface area (Å²) in [6.45, 7) is 3.43. The average Bonchev–Trinajstić information content (AvgIpc) is 2.34. The fourth-order valence-corrected chi connectivity index (χ4v) is 1.68. The van der Waals surface area contributed by atoms with E-state index in [1.165, 1.54) is 6.92 Å². The van der Waals surface area contributed by atoms with Gasteiger partial charge in [-0.15, -0.1) is 0 Å². The van der Waals surface area contributed by atoms with Gasteiger partial charge in [0.15, 0.2) is 0 Å². The lowest BCUT2D eigenvalue weighted by Gasteiger charge is -2.11. The molecule has 0 heterocycles. The van der Waals surface area contributed by atoms with Gasteiger partial charge in [0.2, 0.25) is 5.91 Å². The van der Waals surface area contributed by atoms with Gasteiger partial charge in [0.1, 0.15) is 0 Å². The Morgan fingerprint density at radius 2 is 2.00 bits per heavy atom. The first-order chi connectivity index (χ1) is 9.38. The highest BCUT2D eigenvalue weighted by atomic mass is 16.4. The number of anilines is 1. The Bertz CT molecular complexity index is 514. The fourth-order valence-electron chi connectivity index (χ4n) is 1.68. The summed E-state index contributed by atoms with van der Waals surface area (Å²) in [7, 11) is 0. The van der Waals surface area contributed by atoms with Crippen LogP contribution in [0.15, 0.2) is 24.3 Å². The van der Waals surface area contributed by atoms with Crippen molar-refractivity contribution in [1.82, 2.24) is 5.32 Å². The van der Waals surface area contributed by atoms with Gasteiger partial charge in [-0.3, -0.25) is 14.4 Å². The molecular weight excluding hydrogens is 260 g/mol. The van der Waals surface area contributed by atoms with Gasteiger partial charge in [-0.25, -0.2) is 0 Å². The zero-order chi connectivity index (χ0) is 15.1. The predicted octanol–water partition coefficient (Wildman–Crippen LogP) is 1.49. The zero-order valence-corrected chi connectivity index (χ0v) is 11.5. The van der Waals surface area contributed by atoms with Crippen LogP contribution in [0.25, 0.3) is 0 Å². The number of hydrogen-bond acceptors (Lipinski definition) is 3. The lowest BCUT2D eigenvalue weighted by molar-refractivity contribution is -0.137. The van der Waals surface area contributed by atoms with Crippen LogP contribution in [0.1, 0.15) is 30.6 Å². The topological polar surface area (TPSA) is 95.5 Å². The van der Waals surface area contributed by atoms with E-state index in [9.17, 15) is 14.4 Å². The van der Waals surface area contributed by atoms with E-state index < -0.39 is 5.97 Å². The number of rotatable bonds is 6. The first-order valence-electron chi connectivity index (χ1n) is 6.26. The van der Waals surface area contributed by atoms with Gasteiger partial charge < -0.3 is 15.7 Å². The molecule has 3 N–H and O–H groups in total.